The number of halogens is 2. The molecule has 0 aliphatic rings. The molecule has 5 nitrogen and oxygen atoms in total. The first kappa shape index (κ1) is 16.4. The first-order chi connectivity index (χ1) is 9.83. The summed E-state index contributed by atoms with van der Waals surface area (Å²) in [5, 5.41) is 0.330. The lowest BCUT2D eigenvalue weighted by atomic mass is 10.3. The normalized spacial score (nSPS) is 11.4. The van der Waals surface area contributed by atoms with Crippen molar-refractivity contribution in [2.75, 3.05) is 11.3 Å². The minimum Gasteiger partial charge on any atom is -0.492 e. The maximum Gasteiger partial charge on any atom is 0.273 e. The number of benzene rings is 1. The van der Waals surface area contributed by atoms with Gasteiger partial charge in [0.2, 0.25) is 0 Å². The molecule has 0 unspecified atom stereocenters. The molecule has 21 heavy (non-hydrogen) atoms. The van der Waals surface area contributed by atoms with E-state index in [1.807, 2.05) is 6.92 Å². The SMILES string of the molecule is CCOc1ccc(NS(=O)(=O)c2sc(Cl)nc2C)cc1Cl. The summed E-state index contributed by atoms with van der Waals surface area (Å²) >= 11 is 12.7. The first-order valence-corrected chi connectivity index (χ1v) is 8.97. The summed E-state index contributed by atoms with van der Waals surface area (Å²) in [5.74, 6) is 0.499. The highest BCUT2D eigenvalue weighted by Gasteiger charge is 2.21. The number of hydrogen-bond acceptors (Lipinski definition) is 5. The van der Waals surface area contributed by atoms with Crippen LogP contribution in [0.25, 0.3) is 0 Å². The molecule has 0 saturated heterocycles. The Morgan fingerprint density at radius 2 is 2.10 bits per heavy atom. The van der Waals surface area contributed by atoms with Gasteiger partial charge >= 0.3 is 0 Å². The Morgan fingerprint density at radius 3 is 2.62 bits per heavy atom. The average Bonchev–Trinajstić information content (AvgIpc) is 2.72. The van der Waals surface area contributed by atoms with Gasteiger partial charge in [0, 0.05) is 0 Å². The van der Waals surface area contributed by atoms with Gasteiger partial charge in [-0.3, -0.25) is 4.72 Å². The molecule has 0 amide bonds. The third-order valence-corrected chi connectivity index (χ3v) is 6.00. The van der Waals surface area contributed by atoms with Gasteiger partial charge in [0.25, 0.3) is 10.0 Å². The second-order valence-electron chi connectivity index (χ2n) is 4.02. The lowest BCUT2D eigenvalue weighted by Crippen LogP contribution is -2.12. The molecule has 1 aromatic carbocycles. The summed E-state index contributed by atoms with van der Waals surface area (Å²) in [6.07, 6.45) is 0. The predicted octanol–water partition coefficient (Wildman–Crippen LogP) is 3.96. The monoisotopic (exact) mass is 366 g/mol. The van der Waals surface area contributed by atoms with Crippen molar-refractivity contribution in [1.29, 1.82) is 0 Å². The van der Waals surface area contributed by atoms with Gasteiger partial charge < -0.3 is 4.74 Å². The second kappa shape index (κ2) is 6.39. The molecule has 1 heterocycles. The number of thiazole rings is 1. The van der Waals surface area contributed by atoms with Crippen LogP contribution >= 0.6 is 34.5 Å². The third kappa shape index (κ3) is 3.79. The number of ether oxygens (including phenoxy) is 1. The van der Waals surface area contributed by atoms with Crippen molar-refractivity contribution < 1.29 is 13.2 Å². The van der Waals surface area contributed by atoms with Gasteiger partial charge in [0.05, 0.1) is 23.0 Å². The largest absolute Gasteiger partial charge is 0.492 e. The van der Waals surface area contributed by atoms with E-state index < -0.39 is 10.0 Å². The van der Waals surface area contributed by atoms with Crippen LogP contribution in [0.3, 0.4) is 0 Å². The second-order valence-corrected chi connectivity index (χ2v) is 7.89. The zero-order chi connectivity index (χ0) is 15.6. The van der Waals surface area contributed by atoms with Crippen molar-refractivity contribution in [3.63, 3.8) is 0 Å². The maximum atomic E-state index is 12.3. The van der Waals surface area contributed by atoms with Crippen LogP contribution in [-0.4, -0.2) is 20.0 Å². The van der Waals surface area contributed by atoms with Crippen LogP contribution < -0.4 is 9.46 Å². The summed E-state index contributed by atoms with van der Waals surface area (Å²) in [4.78, 5) is 3.89. The highest BCUT2D eigenvalue weighted by atomic mass is 35.5. The summed E-state index contributed by atoms with van der Waals surface area (Å²) in [5.41, 5.74) is 0.696. The Kier molecular flexibility index (Phi) is 4.98. The van der Waals surface area contributed by atoms with Crippen molar-refractivity contribution >= 4 is 50.2 Å². The summed E-state index contributed by atoms with van der Waals surface area (Å²) < 4.78 is 32.6. The van der Waals surface area contributed by atoms with E-state index in [2.05, 4.69) is 9.71 Å². The van der Waals surface area contributed by atoms with Crippen molar-refractivity contribution in [3.8, 4) is 5.75 Å². The molecule has 0 fully saturated rings. The standard InChI is InChI=1S/C12H12Cl2N2O3S2/c1-3-19-10-5-4-8(6-9(10)13)16-21(17,18)11-7(2)15-12(14)20-11/h4-6,16H,3H2,1-2H3. The lowest BCUT2D eigenvalue weighted by Gasteiger charge is -2.10. The van der Waals surface area contributed by atoms with E-state index in [9.17, 15) is 8.42 Å². The molecule has 0 aliphatic carbocycles. The Balaban J connectivity index is 2.29. The van der Waals surface area contributed by atoms with Crippen molar-refractivity contribution in [3.05, 3.63) is 33.4 Å². The molecule has 2 rings (SSSR count). The molecule has 9 heteroatoms. The molecule has 0 spiro atoms. The van der Waals surface area contributed by atoms with Crippen LogP contribution in [-0.2, 0) is 10.0 Å². The maximum absolute atomic E-state index is 12.3. The smallest absolute Gasteiger partial charge is 0.273 e. The Hall–Kier alpha value is -1.02. The molecule has 1 aromatic heterocycles. The number of aryl methyl sites for hydroxylation is 1. The van der Waals surface area contributed by atoms with Crippen LogP contribution in [0.15, 0.2) is 22.4 Å². The van der Waals surface area contributed by atoms with E-state index in [-0.39, 0.29) is 8.68 Å². The van der Waals surface area contributed by atoms with Crippen LogP contribution in [0.1, 0.15) is 12.6 Å². The van der Waals surface area contributed by atoms with Gasteiger partial charge in [-0.1, -0.05) is 34.5 Å². The van der Waals surface area contributed by atoms with Crippen molar-refractivity contribution in [1.82, 2.24) is 4.98 Å². The number of anilines is 1. The quantitative estimate of drug-likeness (QED) is 0.869. The average molecular weight is 367 g/mol. The van der Waals surface area contributed by atoms with Gasteiger partial charge in [0.1, 0.15) is 5.75 Å². The van der Waals surface area contributed by atoms with Gasteiger partial charge in [-0.2, -0.15) is 0 Å². The molecule has 0 bridgehead atoms. The van der Waals surface area contributed by atoms with Crippen LogP contribution in [0, 0.1) is 6.92 Å². The number of hydrogen-bond donors (Lipinski definition) is 1. The molecule has 0 atom stereocenters. The van der Waals surface area contributed by atoms with Crippen LogP contribution in [0.2, 0.25) is 9.49 Å². The fourth-order valence-electron chi connectivity index (χ4n) is 1.64. The number of rotatable bonds is 5. The van der Waals surface area contributed by atoms with Gasteiger partial charge in [0.15, 0.2) is 8.68 Å². The van der Waals surface area contributed by atoms with Gasteiger partial charge in [-0.25, -0.2) is 13.4 Å². The van der Waals surface area contributed by atoms with Crippen LogP contribution in [0.4, 0.5) is 5.69 Å². The number of sulfonamides is 1. The van der Waals surface area contributed by atoms with Crippen LogP contribution in [0.5, 0.6) is 5.75 Å². The van der Waals surface area contributed by atoms with E-state index in [1.54, 1.807) is 19.1 Å². The van der Waals surface area contributed by atoms with Crippen molar-refractivity contribution in [2.45, 2.75) is 18.1 Å². The minimum atomic E-state index is -3.74. The fraction of sp³-hybridized carbons (Fsp3) is 0.250. The summed E-state index contributed by atoms with van der Waals surface area (Å²) in [7, 11) is -3.74. The summed E-state index contributed by atoms with van der Waals surface area (Å²) in [6.45, 7) is 3.90. The number of nitrogens with one attached hydrogen (secondary N) is 1. The van der Waals surface area contributed by atoms with E-state index in [0.717, 1.165) is 11.3 Å². The molecule has 114 valence electrons. The molecule has 1 N–H and O–H groups in total. The van der Waals surface area contributed by atoms with E-state index >= 15 is 0 Å². The number of nitrogens with zero attached hydrogens (tertiary/aromatic N) is 1. The zero-order valence-electron chi connectivity index (χ0n) is 11.2. The Morgan fingerprint density at radius 1 is 1.38 bits per heavy atom. The molecule has 0 aliphatic heterocycles. The molecule has 0 saturated carbocycles. The lowest BCUT2D eigenvalue weighted by molar-refractivity contribution is 0.340. The van der Waals surface area contributed by atoms with E-state index in [1.165, 1.54) is 6.07 Å². The highest BCUT2D eigenvalue weighted by Crippen LogP contribution is 2.31. The molecular formula is C12H12Cl2N2O3S2. The van der Waals surface area contributed by atoms with Crippen molar-refractivity contribution in [2.24, 2.45) is 0 Å². The molecule has 2 aromatic rings. The number of aromatic nitrogens is 1. The Bertz CT molecular complexity index is 760. The minimum absolute atomic E-state index is 0.0810. The topological polar surface area (TPSA) is 68.3 Å². The first-order valence-electron chi connectivity index (χ1n) is 5.91. The predicted molar refractivity (Wildman–Crippen MR) is 85.3 cm³/mol. The molecule has 0 radical (unpaired) electrons. The van der Waals surface area contributed by atoms with E-state index in [4.69, 9.17) is 27.9 Å². The Labute approximate surface area is 136 Å². The van der Waals surface area contributed by atoms with Gasteiger partial charge in [-0.15, -0.1) is 0 Å². The fourth-order valence-corrected chi connectivity index (χ4v) is 4.66. The van der Waals surface area contributed by atoms with E-state index in [0.29, 0.717) is 28.8 Å². The zero-order valence-corrected chi connectivity index (χ0v) is 14.3. The van der Waals surface area contributed by atoms with Gasteiger partial charge in [-0.05, 0) is 32.0 Å². The summed E-state index contributed by atoms with van der Waals surface area (Å²) in [6, 6.07) is 4.67. The highest BCUT2D eigenvalue weighted by molar-refractivity contribution is 7.94. The molecular weight excluding hydrogens is 355 g/mol. The third-order valence-electron chi connectivity index (χ3n) is 2.46.